The van der Waals surface area contributed by atoms with Crippen molar-refractivity contribution in [3.05, 3.63) is 40.8 Å². The van der Waals surface area contributed by atoms with E-state index >= 15 is 0 Å². The van der Waals surface area contributed by atoms with Gasteiger partial charge in [0.15, 0.2) is 0 Å². The van der Waals surface area contributed by atoms with Crippen LogP contribution in [0.3, 0.4) is 0 Å². The molecule has 1 aromatic heterocycles. The van der Waals surface area contributed by atoms with Gasteiger partial charge in [-0.1, -0.05) is 25.1 Å². The summed E-state index contributed by atoms with van der Waals surface area (Å²) in [6.45, 7) is 1.79. The van der Waals surface area contributed by atoms with Gasteiger partial charge in [-0.3, -0.25) is 15.0 Å². The molecule has 94 valence electrons. The fourth-order valence-corrected chi connectivity index (χ4v) is 1.89. The number of nitrogens with one attached hydrogen (secondary N) is 1. The van der Waals surface area contributed by atoms with Gasteiger partial charge >= 0.3 is 0 Å². The third-order valence-corrected chi connectivity index (χ3v) is 2.85. The zero-order chi connectivity index (χ0) is 13.1. The number of amides is 1. The Morgan fingerprint density at radius 2 is 2.22 bits per heavy atom. The van der Waals surface area contributed by atoms with E-state index in [9.17, 15) is 9.59 Å². The molecule has 6 nitrogen and oxygen atoms in total. The van der Waals surface area contributed by atoms with Crippen LogP contribution in [0.25, 0.3) is 10.8 Å². The van der Waals surface area contributed by atoms with Crippen LogP contribution in [-0.4, -0.2) is 15.7 Å². The summed E-state index contributed by atoms with van der Waals surface area (Å²) in [6.07, 6.45) is 2.01. The maximum absolute atomic E-state index is 12.2. The monoisotopic (exact) mass is 246 g/mol. The van der Waals surface area contributed by atoms with Crippen LogP contribution in [0, 0.1) is 0 Å². The maximum Gasteiger partial charge on any atom is 0.275 e. The van der Waals surface area contributed by atoms with E-state index < -0.39 is 11.9 Å². The molecule has 2 aromatic rings. The van der Waals surface area contributed by atoms with Crippen LogP contribution in [0.5, 0.6) is 0 Å². The third kappa shape index (κ3) is 1.98. The lowest BCUT2D eigenvalue weighted by atomic mass is 10.2. The second-order valence-electron chi connectivity index (χ2n) is 3.91. The summed E-state index contributed by atoms with van der Waals surface area (Å²) in [5, 5.41) is 5.32. The van der Waals surface area contributed by atoms with Crippen LogP contribution in [0.2, 0.25) is 0 Å². The number of benzene rings is 1. The Hall–Kier alpha value is -2.21. The molecule has 0 aliphatic carbocycles. The van der Waals surface area contributed by atoms with Crippen molar-refractivity contribution in [3.8, 4) is 0 Å². The number of hydrazine groups is 1. The highest BCUT2D eigenvalue weighted by Crippen LogP contribution is 2.11. The van der Waals surface area contributed by atoms with E-state index in [-0.39, 0.29) is 5.56 Å². The molecule has 1 heterocycles. The van der Waals surface area contributed by atoms with Crippen LogP contribution >= 0.6 is 0 Å². The van der Waals surface area contributed by atoms with Crippen LogP contribution in [0.4, 0.5) is 0 Å². The van der Waals surface area contributed by atoms with Gasteiger partial charge < -0.3 is 0 Å². The number of aromatic nitrogens is 2. The van der Waals surface area contributed by atoms with E-state index in [1.54, 1.807) is 31.3 Å². The predicted molar refractivity (Wildman–Crippen MR) is 67.7 cm³/mol. The first-order valence-electron chi connectivity index (χ1n) is 5.66. The van der Waals surface area contributed by atoms with Gasteiger partial charge in [0.05, 0.1) is 11.6 Å². The molecule has 6 heteroatoms. The minimum absolute atomic E-state index is 0.288. The first-order chi connectivity index (χ1) is 8.69. The Labute approximate surface area is 103 Å². The summed E-state index contributed by atoms with van der Waals surface area (Å²) in [4.78, 5) is 23.8. The SMILES string of the molecule is CC[C@H](C(=O)NN)n1ncc2ccccc2c1=O. The van der Waals surface area contributed by atoms with Crippen molar-refractivity contribution in [1.29, 1.82) is 0 Å². The number of nitrogens with two attached hydrogens (primary N) is 1. The molecule has 0 unspecified atom stereocenters. The van der Waals surface area contributed by atoms with Crippen LogP contribution in [-0.2, 0) is 4.79 Å². The number of nitrogens with zero attached hydrogens (tertiary/aromatic N) is 2. The standard InChI is InChI=1S/C12H14N4O2/c1-2-10(11(17)15-13)16-12(18)9-6-4-3-5-8(9)7-14-16/h3-7,10H,2,13H2,1H3,(H,15,17)/t10-/m1/s1. The molecule has 18 heavy (non-hydrogen) atoms. The second kappa shape index (κ2) is 4.97. The van der Waals surface area contributed by atoms with Gasteiger partial charge in [-0.15, -0.1) is 0 Å². The first-order valence-corrected chi connectivity index (χ1v) is 5.66. The summed E-state index contributed by atoms with van der Waals surface area (Å²) in [5.41, 5.74) is 1.76. The highest BCUT2D eigenvalue weighted by molar-refractivity contribution is 5.82. The molecule has 0 aliphatic heterocycles. The minimum atomic E-state index is -0.688. The Bertz CT molecular complexity index is 635. The molecule has 0 fully saturated rings. The Morgan fingerprint density at radius 1 is 1.50 bits per heavy atom. The molecule has 0 bridgehead atoms. The van der Waals surface area contributed by atoms with Gasteiger partial charge in [0.25, 0.3) is 11.5 Å². The largest absolute Gasteiger partial charge is 0.292 e. The molecule has 3 N–H and O–H groups in total. The van der Waals surface area contributed by atoms with E-state index in [0.29, 0.717) is 11.8 Å². The van der Waals surface area contributed by atoms with E-state index in [1.807, 2.05) is 6.07 Å². The van der Waals surface area contributed by atoms with Gasteiger partial charge in [-0.25, -0.2) is 10.5 Å². The zero-order valence-electron chi connectivity index (χ0n) is 9.96. The van der Waals surface area contributed by atoms with Crippen molar-refractivity contribution < 1.29 is 4.79 Å². The van der Waals surface area contributed by atoms with Crippen molar-refractivity contribution in [2.75, 3.05) is 0 Å². The van der Waals surface area contributed by atoms with Crippen molar-refractivity contribution in [2.24, 2.45) is 5.84 Å². The normalized spacial score (nSPS) is 12.3. The Morgan fingerprint density at radius 3 is 2.89 bits per heavy atom. The lowest BCUT2D eigenvalue weighted by molar-refractivity contribution is -0.124. The molecule has 0 radical (unpaired) electrons. The van der Waals surface area contributed by atoms with Gasteiger partial charge in [-0.05, 0) is 12.5 Å². The van der Waals surface area contributed by atoms with Crippen molar-refractivity contribution in [3.63, 3.8) is 0 Å². The molecular weight excluding hydrogens is 232 g/mol. The number of fused-ring (bicyclic) bond motifs is 1. The molecule has 1 atom stereocenters. The summed E-state index contributed by atoms with van der Waals surface area (Å²) >= 11 is 0. The smallest absolute Gasteiger partial charge is 0.275 e. The lowest BCUT2D eigenvalue weighted by Crippen LogP contribution is -2.41. The molecular formula is C12H14N4O2. The molecule has 2 rings (SSSR count). The highest BCUT2D eigenvalue weighted by Gasteiger charge is 2.20. The third-order valence-electron chi connectivity index (χ3n) is 2.85. The van der Waals surface area contributed by atoms with Gasteiger partial charge in [-0.2, -0.15) is 5.10 Å². The van der Waals surface area contributed by atoms with Gasteiger partial charge in [0.2, 0.25) is 0 Å². The summed E-state index contributed by atoms with van der Waals surface area (Å²) in [7, 11) is 0. The Balaban J connectivity index is 2.61. The molecule has 1 aromatic carbocycles. The quantitative estimate of drug-likeness (QED) is 0.464. The van der Waals surface area contributed by atoms with Crippen LogP contribution in [0.15, 0.2) is 35.3 Å². The zero-order valence-corrected chi connectivity index (χ0v) is 9.96. The fraction of sp³-hybridized carbons (Fsp3) is 0.250. The lowest BCUT2D eigenvalue weighted by Gasteiger charge is -2.15. The topological polar surface area (TPSA) is 90.0 Å². The number of carbonyl (C=O) groups is 1. The summed E-state index contributed by atoms with van der Waals surface area (Å²) in [5.74, 6) is 4.68. The number of hydrogen-bond donors (Lipinski definition) is 2. The van der Waals surface area contributed by atoms with Crippen LogP contribution in [0.1, 0.15) is 19.4 Å². The average molecular weight is 246 g/mol. The van der Waals surface area contributed by atoms with Crippen molar-refractivity contribution >= 4 is 16.7 Å². The van der Waals surface area contributed by atoms with E-state index in [1.165, 1.54) is 4.68 Å². The van der Waals surface area contributed by atoms with E-state index in [2.05, 4.69) is 10.5 Å². The fourth-order valence-electron chi connectivity index (χ4n) is 1.89. The second-order valence-corrected chi connectivity index (χ2v) is 3.91. The number of hydrogen-bond acceptors (Lipinski definition) is 4. The molecule has 0 saturated carbocycles. The molecule has 0 aliphatic rings. The van der Waals surface area contributed by atoms with Gasteiger partial charge in [0.1, 0.15) is 6.04 Å². The van der Waals surface area contributed by atoms with Crippen molar-refractivity contribution in [1.82, 2.24) is 15.2 Å². The van der Waals surface area contributed by atoms with Crippen molar-refractivity contribution in [2.45, 2.75) is 19.4 Å². The molecule has 1 amide bonds. The first kappa shape index (κ1) is 12.3. The number of rotatable bonds is 3. The van der Waals surface area contributed by atoms with Crippen LogP contribution < -0.4 is 16.8 Å². The van der Waals surface area contributed by atoms with Gasteiger partial charge in [0, 0.05) is 5.39 Å². The molecule has 0 saturated heterocycles. The highest BCUT2D eigenvalue weighted by atomic mass is 16.2. The van der Waals surface area contributed by atoms with E-state index in [0.717, 1.165) is 5.39 Å². The summed E-state index contributed by atoms with van der Waals surface area (Å²) < 4.78 is 1.17. The number of carbonyl (C=O) groups excluding carboxylic acids is 1. The minimum Gasteiger partial charge on any atom is -0.292 e. The Kier molecular flexibility index (Phi) is 3.38. The summed E-state index contributed by atoms with van der Waals surface area (Å²) in [6, 6.07) is 6.43. The predicted octanol–water partition coefficient (Wildman–Crippen LogP) is 0.338. The maximum atomic E-state index is 12.2. The average Bonchev–Trinajstić information content (AvgIpc) is 2.42. The van der Waals surface area contributed by atoms with E-state index in [4.69, 9.17) is 5.84 Å². The molecule has 0 spiro atoms.